The lowest BCUT2D eigenvalue weighted by Gasteiger charge is -2.22. The SMILES string of the molecule is OCC#Cc1cc(F)ccc1OCC1CCCCC1. The summed E-state index contributed by atoms with van der Waals surface area (Å²) in [5.74, 6) is 6.11. The van der Waals surface area contributed by atoms with Crippen LogP contribution in [-0.4, -0.2) is 18.3 Å². The molecule has 0 bridgehead atoms. The van der Waals surface area contributed by atoms with E-state index in [0.29, 0.717) is 23.8 Å². The number of aliphatic hydroxyl groups is 1. The first kappa shape index (κ1) is 13.9. The van der Waals surface area contributed by atoms with Gasteiger partial charge < -0.3 is 9.84 Å². The molecule has 0 amide bonds. The molecule has 1 aromatic carbocycles. The van der Waals surface area contributed by atoms with Crippen LogP contribution >= 0.6 is 0 Å². The molecule has 0 aromatic heterocycles. The van der Waals surface area contributed by atoms with E-state index in [1.54, 1.807) is 6.07 Å². The van der Waals surface area contributed by atoms with Crippen LogP contribution in [0, 0.1) is 23.6 Å². The van der Waals surface area contributed by atoms with E-state index >= 15 is 0 Å². The fourth-order valence-corrected chi connectivity index (χ4v) is 2.42. The van der Waals surface area contributed by atoms with Crippen LogP contribution in [0.25, 0.3) is 0 Å². The number of benzene rings is 1. The maximum atomic E-state index is 13.2. The van der Waals surface area contributed by atoms with Crippen molar-refractivity contribution in [2.45, 2.75) is 32.1 Å². The molecular formula is C16H19FO2. The van der Waals surface area contributed by atoms with E-state index in [2.05, 4.69) is 11.8 Å². The van der Waals surface area contributed by atoms with Gasteiger partial charge in [-0.1, -0.05) is 31.1 Å². The number of hydrogen-bond acceptors (Lipinski definition) is 2. The molecule has 0 spiro atoms. The van der Waals surface area contributed by atoms with Crippen LogP contribution in [-0.2, 0) is 0 Å². The summed E-state index contributed by atoms with van der Waals surface area (Å²) in [5, 5.41) is 8.71. The molecule has 0 radical (unpaired) electrons. The fourth-order valence-electron chi connectivity index (χ4n) is 2.42. The monoisotopic (exact) mass is 262 g/mol. The topological polar surface area (TPSA) is 29.5 Å². The molecule has 0 atom stereocenters. The summed E-state index contributed by atoms with van der Waals surface area (Å²) < 4.78 is 19.0. The molecule has 1 aromatic rings. The Balaban J connectivity index is 2.02. The van der Waals surface area contributed by atoms with E-state index in [4.69, 9.17) is 9.84 Å². The molecule has 2 rings (SSSR count). The lowest BCUT2D eigenvalue weighted by atomic mass is 9.90. The van der Waals surface area contributed by atoms with E-state index in [1.807, 2.05) is 0 Å². The van der Waals surface area contributed by atoms with Crippen molar-refractivity contribution in [1.82, 2.24) is 0 Å². The predicted octanol–water partition coefficient (Wildman–Crippen LogP) is 3.13. The second kappa shape index (κ2) is 7.16. The first-order chi connectivity index (χ1) is 9.29. The highest BCUT2D eigenvalue weighted by Gasteiger charge is 2.14. The van der Waals surface area contributed by atoms with E-state index in [9.17, 15) is 4.39 Å². The number of halogens is 1. The minimum absolute atomic E-state index is 0.238. The van der Waals surface area contributed by atoms with Gasteiger partial charge in [-0.2, -0.15) is 0 Å². The summed E-state index contributed by atoms with van der Waals surface area (Å²) in [6.07, 6.45) is 6.28. The Morgan fingerprint density at radius 2 is 2.05 bits per heavy atom. The highest BCUT2D eigenvalue weighted by atomic mass is 19.1. The quantitative estimate of drug-likeness (QED) is 0.848. The van der Waals surface area contributed by atoms with Crippen molar-refractivity contribution in [3.63, 3.8) is 0 Å². The van der Waals surface area contributed by atoms with Crippen molar-refractivity contribution in [2.24, 2.45) is 5.92 Å². The lowest BCUT2D eigenvalue weighted by Crippen LogP contribution is -2.15. The second-order valence-electron chi connectivity index (χ2n) is 4.92. The molecule has 1 saturated carbocycles. The Morgan fingerprint density at radius 3 is 2.79 bits per heavy atom. The van der Waals surface area contributed by atoms with E-state index in [-0.39, 0.29) is 12.4 Å². The van der Waals surface area contributed by atoms with E-state index in [1.165, 1.54) is 44.2 Å². The summed E-state index contributed by atoms with van der Waals surface area (Å²) in [4.78, 5) is 0. The number of hydrogen-bond donors (Lipinski definition) is 1. The van der Waals surface area contributed by atoms with Crippen LogP contribution in [0.15, 0.2) is 18.2 Å². The maximum Gasteiger partial charge on any atom is 0.135 e. The first-order valence-corrected chi connectivity index (χ1v) is 6.81. The largest absolute Gasteiger partial charge is 0.492 e. The van der Waals surface area contributed by atoms with Gasteiger partial charge in [0.1, 0.15) is 18.2 Å². The molecule has 19 heavy (non-hydrogen) atoms. The molecule has 102 valence electrons. The Hall–Kier alpha value is -1.53. The van der Waals surface area contributed by atoms with Crippen LogP contribution in [0.1, 0.15) is 37.7 Å². The molecule has 1 aliphatic carbocycles. The van der Waals surface area contributed by atoms with Gasteiger partial charge in [-0.25, -0.2) is 4.39 Å². The zero-order valence-corrected chi connectivity index (χ0v) is 11.0. The van der Waals surface area contributed by atoms with Crippen LogP contribution in [0.2, 0.25) is 0 Å². The zero-order valence-electron chi connectivity index (χ0n) is 11.0. The van der Waals surface area contributed by atoms with Crippen molar-refractivity contribution < 1.29 is 14.2 Å². The lowest BCUT2D eigenvalue weighted by molar-refractivity contribution is 0.208. The highest BCUT2D eigenvalue weighted by Crippen LogP contribution is 2.26. The first-order valence-electron chi connectivity index (χ1n) is 6.81. The summed E-state index contributed by atoms with van der Waals surface area (Å²) in [6, 6.07) is 4.33. The van der Waals surface area contributed by atoms with Gasteiger partial charge >= 0.3 is 0 Å². The van der Waals surface area contributed by atoms with E-state index in [0.717, 1.165) is 0 Å². The summed E-state index contributed by atoms with van der Waals surface area (Å²) >= 11 is 0. The third kappa shape index (κ3) is 4.25. The third-order valence-electron chi connectivity index (χ3n) is 3.44. The van der Waals surface area contributed by atoms with Crippen LogP contribution in [0.5, 0.6) is 5.75 Å². The normalized spacial score (nSPS) is 15.7. The van der Waals surface area contributed by atoms with Crippen LogP contribution in [0.4, 0.5) is 4.39 Å². The van der Waals surface area contributed by atoms with Gasteiger partial charge in [0, 0.05) is 0 Å². The third-order valence-corrected chi connectivity index (χ3v) is 3.44. The molecule has 1 fully saturated rings. The molecule has 0 heterocycles. The minimum atomic E-state index is -0.341. The minimum Gasteiger partial charge on any atom is -0.492 e. The standard InChI is InChI=1S/C16H19FO2/c17-15-8-9-16(14(11-15)7-4-10-18)19-12-13-5-2-1-3-6-13/h8-9,11,13,18H,1-3,5-6,10,12H2. The molecule has 3 heteroatoms. The zero-order chi connectivity index (χ0) is 13.5. The van der Waals surface area contributed by atoms with Crippen molar-refractivity contribution in [1.29, 1.82) is 0 Å². The van der Waals surface area contributed by atoms with Gasteiger partial charge in [0.15, 0.2) is 0 Å². The average molecular weight is 262 g/mol. The predicted molar refractivity (Wildman–Crippen MR) is 72.4 cm³/mol. The van der Waals surface area contributed by atoms with Crippen molar-refractivity contribution in [3.05, 3.63) is 29.6 Å². The molecule has 0 unspecified atom stereocenters. The molecule has 0 saturated heterocycles. The van der Waals surface area contributed by atoms with Gasteiger partial charge in [-0.05, 0) is 37.0 Å². The van der Waals surface area contributed by atoms with Gasteiger partial charge in [-0.15, -0.1) is 0 Å². The van der Waals surface area contributed by atoms with Crippen LogP contribution < -0.4 is 4.74 Å². The second-order valence-corrected chi connectivity index (χ2v) is 4.92. The molecule has 1 aliphatic rings. The summed E-state index contributed by atoms with van der Waals surface area (Å²) in [5.41, 5.74) is 0.504. The van der Waals surface area contributed by atoms with Crippen molar-refractivity contribution >= 4 is 0 Å². The van der Waals surface area contributed by atoms with Gasteiger partial charge in [0.25, 0.3) is 0 Å². The average Bonchev–Trinajstić information content (AvgIpc) is 2.45. The summed E-state index contributed by atoms with van der Waals surface area (Å²) in [6.45, 7) is 0.429. The Bertz CT molecular complexity index is 467. The van der Waals surface area contributed by atoms with Gasteiger partial charge in [0.2, 0.25) is 0 Å². The Kier molecular flexibility index (Phi) is 5.23. The number of rotatable bonds is 3. The highest BCUT2D eigenvalue weighted by molar-refractivity contribution is 5.46. The Morgan fingerprint density at radius 1 is 1.26 bits per heavy atom. The van der Waals surface area contributed by atoms with Crippen molar-refractivity contribution in [3.8, 4) is 17.6 Å². The number of ether oxygens (including phenoxy) is 1. The van der Waals surface area contributed by atoms with Crippen LogP contribution in [0.3, 0.4) is 0 Å². The van der Waals surface area contributed by atoms with Crippen molar-refractivity contribution in [2.75, 3.05) is 13.2 Å². The Labute approximate surface area is 113 Å². The van der Waals surface area contributed by atoms with Gasteiger partial charge in [-0.3, -0.25) is 0 Å². The number of aliphatic hydroxyl groups excluding tert-OH is 1. The van der Waals surface area contributed by atoms with Gasteiger partial charge in [0.05, 0.1) is 12.2 Å². The van der Waals surface area contributed by atoms with E-state index < -0.39 is 0 Å². The maximum absolute atomic E-state index is 13.2. The molecular weight excluding hydrogens is 243 g/mol. The molecule has 0 aliphatic heterocycles. The molecule has 1 N–H and O–H groups in total. The smallest absolute Gasteiger partial charge is 0.135 e. The summed E-state index contributed by atoms with van der Waals surface area (Å²) in [7, 11) is 0. The molecule has 2 nitrogen and oxygen atoms in total. The fraction of sp³-hybridized carbons (Fsp3) is 0.500.